The second-order valence-electron chi connectivity index (χ2n) is 3.72. The first-order chi connectivity index (χ1) is 7.89. The molecular formula is C11H14O5S. The Bertz CT molecular complexity index is 475. The zero-order valence-corrected chi connectivity index (χ0v) is 9.98. The third kappa shape index (κ3) is 4.97. The van der Waals surface area contributed by atoms with Gasteiger partial charge in [-0.2, -0.15) is 8.42 Å². The van der Waals surface area contributed by atoms with Gasteiger partial charge in [0.1, 0.15) is 0 Å². The van der Waals surface area contributed by atoms with E-state index in [9.17, 15) is 13.2 Å². The number of carbonyl (C=O) groups is 1. The molecule has 6 heteroatoms. The van der Waals surface area contributed by atoms with Gasteiger partial charge in [0.25, 0.3) is 10.1 Å². The van der Waals surface area contributed by atoms with E-state index in [0.717, 1.165) is 12.0 Å². The molecule has 1 aromatic rings. The minimum absolute atomic E-state index is 0.133. The van der Waals surface area contributed by atoms with Crippen molar-refractivity contribution in [3.63, 3.8) is 0 Å². The summed E-state index contributed by atoms with van der Waals surface area (Å²) in [6.45, 7) is 0. The maximum absolute atomic E-state index is 10.8. The summed E-state index contributed by atoms with van der Waals surface area (Å²) in [5, 5.41) is 8.44. The van der Waals surface area contributed by atoms with Crippen LogP contribution in [0, 0.1) is 0 Å². The highest BCUT2D eigenvalue weighted by Gasteiger charge is 2.08. The molecule has 0 bridgehead atoms. The maximum Gasteiger partial charge on any atom is 0.303 e. The van der Waals surface area contributed by atoms with Gasteiger partial charge in [-0.15, -0.1) is 0 Å². The Morgan fingerprint density at radius 1 is 1.12 bits per heavy atom. The number of hydrogen-bond donors (Lipinski definition) is 2. The van der Waals surface area contributed by atoms with Crippen LogP contribution < -0.4 is 0 Å². The highest BCUT2D eigenvalue weighted by Crippen LogP contribution is 2.12. The van der Waals surface area contributed by atoms with Crippen LogP contribution in [0.1, 0.15) is 24.8 Å². The molecule has 0 aliphatic heterocycles. The van der Waals surface area contributed by atoms with Crippen LogP contribution in [-0.4, -0.2) is 24.0 Å². The fraction of sp³-hybridized carbons (Fsp3) is 0.364. The highest BCUT2D eigenvalue weighted by molar-refractivity contribution is 7.85. The molecule has 0 heterocycles. The molecular weight excluding hydrogens is 244 g/mol. The van der Waals surface area contributed by atoms with Crippen molar-refractivity contribution in [2.75, 3.05) is 0 Å². The van der Waals surface area contributed by atoms with Gasteiger partial charge in [-0.05, 0) is 37.0 Å². The fourth-order valence-electron chi connectivity index (χ4n) is 1.43. The maximum atomic E-state index is 10.8. The standard InChI is InChI=1S/C11H14O5S/c12-11(13)4-2-1-3-9-5-7-10(8-6-9)17(14,15)16/h5-8H,1-4H2,(H,12,13)(H,14,15,16). The summed E-state index contributed by atoms with van der Waals surface area (Å²) in [5.74, 6) is -0.813. The number of unbranched alkanes of at least 4 members (excludes halogenated alkanes) is 1. The summed E-state index contributed by atoms with van der Waals surface area (Å²) in [7, 11) is -4.13. The summed E-state index contributed by atoms with van der Waals surface area (Å²) in [5.41, 5.74) is 0.919. The molecule has 1 aromatic carbocycles. The first-order valence-electron chi connectivity index (χ1n) is 5.18. The molecule has 0 atom stereocenters. The normalized spacial score (nSPS) is 11.4. The van der Waals surface area contributed by atoms with Crippen molar-refractivity contribution in [2.24, 2.45) is 0 Å². The van der Waals surface area contributed by atoms with E-state index in [1.807, 2.05) is 0 Å². The van der Waals surface area contributed by atoms with Crippen LogP contribution in [0.3, 0.4) is 0 Å². The molecule has 0 fully saturated rings. The van der Waals surface area contributed by atoms with Gasteiger partial charge in [0.2, 0.25) is 0 Å². The van der Waals surface area contributed by atoms with E-state index < -0.39 is 16.1 Å². The van der Waals surface area contributed by atoms with Crippen LogP contribution >= 0.6 is 0 Å². The van der Waals surface area contributed by atoms with Crippen LogP contribution in [-0.2, 0) is 21.3 Å². The second kappa shape index (κ2) is 5.79. The summed E-state index contributed by atoms with van der Waals surface area (Å²) in [4.78, 5) is 10.1. The minimum atomic E-state index is -4.13. The van der Waals surface area contributed by atoms with Gasteiger partial charge in [0.15, 0.2) is 0 Å². The Labute approximate surface area is 99.8 Å². The van der Waals surface area contributed by atoms with E-state index in [1.54, 1.807) is 12.1 Å². The van der Waals surface area contributed by atoms with Crippen molar-refractivity contribution < 1.29 is 22.9 Å². The molecule has 5 nitrogen and oxygen atoms in total. The van der Waals surface area contributed by atoms with Gasteiger partial charge in [-0.3, -0.25) is 9.35 Å². The smallest absolute Gasteiger partial charge is 0.303 e. The molecule has 0 spiro atoms. The van der Waals surface area contributed by atoms with E-state index >= 15 is 0 Å². The molecule has 17 heavy (non-hydrogen) atoms. The third-order valence-corrected chi connectivity index (χ3v) is 3.20. The van der Waals surface area contributed by atoms with Crippen LogP contribution in [0.25, 0.3) is 0 Å². The van der Waals surface area contributed by atoms with E-state index in [0.29, 0.717) is 12.8 Å². The fourth-order valence-corrected chi connectivity index (χ4v) is 1.91. The molecule has 0 radical (unpaired) electrons. The summed E-state index contributed by atoms with van der Waals surface area (Å²) >= 11 is 0. The molecule has 0 aliphatic rings. The number of carboxylic acids is 1. The molecule has 2 N–H and O–H groups in total. The quantitative estimate of drug-likeness (QED) is 0.599. The van der Waals surface area contributed by atoms with Crippen molar-refractivity contribution >= 4 is 16.1 Å². The largest absolute Gasteiger partial charge is 0.481 e. The third-order valence-electron chi connectivity index (χ3n) is 2.33. The molecule has 94 valence electrons. The molecule has 0 aliphatic carbocycles. The van der Waals surface area contributed by atoms with Crippen LogP contribution in [0.5, 0.6) is 0 Å². The van der Waals surface area contributed by atoms with Crippen molar-refractivity contribution in [1.82, 2.24) is 0 Å². The van der Waals surface area contributed by atoms with Crippen molar-refractivity contribution in [3.05, 3.63) is 29.8 Å². The van der Waals surface area contributed by atoms with E-state index in [-0.39, 0.29) is 11.3 Å². The lowest BCUT2D eigenvalue weighted by Gasteiger charge is -2.02. The Morgan fingerprint density at radius 3 is 2.18 bits per heavy atom. The van der Waals surface area contributed by atoms with E-state index in [4.69, 9.17) is 9.66 Å². The number of hydrogen-bond acceptors (Lipinski definition) is 3. The highest BCUT2D eigenvalue weighted by atomic mass is 32.2. The van der Waals surface area contributed by atoms with Crippen molar-refractivity contribution in [3.8, 4) is 0 Å². The SMILES string of the molecule is O=C(O)CCCCc1ccc(S(=O)(=O)O)cc1. The second-order valence-corrected chi connectivity index (χ2v) is 5.14. The molecule has 0 aromatic heterocycles. The van der Waals surface area contributed by atoms with Crippen molar-refractivity contribution in [2.45, 2.75) is 30.6 Å². The minimum Gasteiger partial charge on any atom is -0.481 e. The summed E-state index contributed by atoms with van der Waals surface area (Å²) in [6.07, 6.45) is 2.16. The van der Waals surface area contributed by atoms with Crippen LogP contribution in [0.15, 0.2) is 29.2 Å². The van der Waals surface area contributed by atoms with Gasteiger partial charge in [0, 0.05) is 6.42 Å². The molecule has 1 rings (SSSR count). The number of benzene rings is 1. The molecule has 0 unspecified atom stereocenters. The zero-order valence-electron chi connectivity index (χ0n) is 9.17. The lowest BCUT2D eigenvalue weighted by atomic mass is 10.1. The van der Waals surface area contributed by atoms with Crippen molar-refractivity contribution in [1.29, 1.82) is 0 Å². The Balaban J connectivity index is 2.49. The van der Waals surface area contributed by atoms with Gasteiger partial charge < -0.3 is 5.11 Å². The first kappa shape index (κ1) is 13.7. The Hall–Kier alpha value is -1.40. The molecule has 0 amide bonds. The molecule has 0 saturated heterocycles. The number of aliphatic carboxylic acids is 1. The van der Waals surface area contributed by atoms with Gasteiger partial charge in [-0.1, -0.05) is 12.1 Å². The predicted molar refractivity (Wildman–Crippen MR) is 61.4 cm³/mol. The average Bonchev–Trinajstić information content (AvgIpc) is 2.23. The van der Waals surface area contributed by atoms with Gasteiger partial charge in [0.05, 0.1) is 4.90 Å². The number of carboxylic acid groups (broad SMARTS) is 1. The van der Waals surface area contributed by atoms with Gasteiger partial charge >= 0.3 is 5.97 Å². The first-order valence-corrected chi connectivity index (χ1v) is 6.62. The Morgan fingerprint density at radius 2 is 1.71 bits per heavy atom. The van der Waals surface area contributed by atoms with Gasteiger partial charge in [-0.25, -0.2) is 0 Å². The Kier molecular flexibility index (Phi) is 4.65. The number of rotatable bonds is 6. The monoisotopic (exact) mass is 258 g/mol. The summed E-state index contributed by atoms with van der Waals surface area (Å²) < 4.78 is 30.3. The lowest BCUT2D eigenvalue weighted by molar-refractivity contribution is -0.137. The van der Waals surface area contributed by atoms with E-state index in [2.05, 4.69) is 0 Å². The lowest BCUT2D eigenvalue weighted by Crippen LogP contribution is -1.98. The zero-order chi connectivity index (χ0) is 12.9. The number of aryl methyl sites for hydroxylation is 1. The van der Waals surface area contributed by atoms with Crippen LogP contribution in [0.2, 0.25) is 0 Å². The average molecular weight is 258 g/mol. The predicted octanol–water partition coefficient (Wildman–Crippen LogP) is 1.73. The summed E-state index contributed by atoms with van der Waals surface area (Å²) in [6, 6.07) is 5.90. The van der Waals surface area contributed by atoms with Crippen LogP contribution in [0.4, 0.5) is 0 Å². The topological polar surface area (TPSA) is 91.7 Å². The molecule has 0 saturated carbocycles. The van der Waals surface area contributed by atoms with E-state index in [1.165, 1.54) is 12.1 Å².